The van der Waals surface area contributed by atoms with Gasteiger partial charge in [0.15, 0.2) is 0 Å². The van der Waals surface area contributed by atoms with Crippen molar-refractivity contribution in [2.45, 2.75) is 6.42 Å². The fraction of sp³-hybridized carbons (Fsp3) is 0.150. The minimum Gasteiger partial charge on any atom is -0.497 e. The molecule has 2 amide bonds. The number of aliphatic imine (C=N–C) groups is 1. The summed E-state index contributed by atoms with van der Waals surface area (Å²) in [5.41, 5.74) is 1.66. The maximum absolute atomic E-state index is 12.1. The summed E-state index contributed by atoms with van der Waals surface area (Å²) in [6.45, 7) is 0. The zero-order chi connectivity index (χ0) is 19.1. The predicted octanol–water partition coefficient (Wildman–Crippen LogP) is 4.43. The zero-order valence-corrected chi connectivity index (χ0v) is 16.3. The minimum atomic E-state index is -0.229. The Morgan fingerprint density at radius 2 is 2.04 bits per heavy atom. The molecule has 27 heavy (non-hydrogen) atoms. The molecular weight excluding hydrogens is 380 g/mol. The number of benzene rings is 2. The summed E-state index contributed by atoms with van der Waals surface area (Å²) in [6.07, 6.45) is 2.16. The summed E-state index contributed by atoms with van der Waals surface area (Å²) in [7, 11) is 1.58. The first-order valence-corrected chi connectivity index (χ1v) is 10.1. The van der Waals surface area contributed by atoms with E-state index < -0.39 is 0 Å². The number of anilines is 1. The van der Waals surface area contributed by atoms with Crippen LogP contribution in [-0.2, 0) is 9.59 Å². The number of amides is 2. The summed E-state index contributed by atoms with van der Waals surface area (Å²) < 4.78 is 5.81. The maximum Gasteiger partial charge on any atom is 0.285 e. The largest absolute Gasteiger partial charge is 0.497 e. The van der Waals surface area contributed by atoms with Crippen molar-refractivity contribution in [1.29, 1.82) is 0 Å². The SMILES string of the molecule is COc1cccc(NC(=O)CCSC2=NC(=O)/C(=C\c3ccccc3)S2)c1. The predicted molar refractivity (Wildman–Crippen MR) is 113 cm³/mol. The van der Waals surface area contributed by atoms with E-state index in [4.69, 9.17) is 4.74 Å². The minimum absolute atomic E-state index is 0.0919. The Hall–Kier alpha value is -2.51. The lowest BCUT2D eigenvalue weighted by molar-refractivity contribution is -0.116. The van der Waals surface area contributed by atoms with Gasteiger partial charge in [-0.05, 0) is 23.8 Å². The van der Waals surface area contributed by atoms with E-state index in [0.717, 1.165) is 5.56 Å². The van der Waals surface area contributed by atoms with Gasteiger partial charge in [-0.25, -0.2) is 0 Å². The highest BCUT2D eigenvalue weighted by atomic mass is 32.2. The van der Waals surface area contributed by atoms with Crippen molar-refractivity contribution >= 4 is 51.5 Å². The van der Waals surface area contributed by atoms with E-state index in [2.05, 4.69) is 10.3 Å². The van der Waals surface area contributed by atoms with Crippen molar-refractivity contribution < 1.29 is 14.3 Å². The highest BCUT2D eigenvalue weighted by Crippen LogP contribution is 2.33. The van der Waals surface area contributed by atoms with Gasteiger partial charge in [-0.1, -0.05) is 59.9 Å². The van der Waals surface area contributed by atoms with E-state index in [1.807, 2.05) is 54.6 Å². The molecule has 0 aromatic heterocycles. The van der Waals surface area contributed by atoms with Crippen LogP contribution in [0.1, 0.15) is 12.0 Å². The van der Waals surface area contributed by atoms with Crippen LogP contribution >= 0.6 is 23.5 Å². The second-order valence-electron chi connectivity index (χ2n) is 5.58. The third-order valence-electron chi connectivity index (χ3n) is 3.61. The summed E-state index contributed by atoms with van der Waals surface area (Å²) in [5, 5.41) is 2.83. The summed E-state index contributed by atoms with van der Waals surface area (Å²) in [5.74, 6) is 0.918. The van der Waals surface area contributed by atoms with Crippen molar-refractivity contribution in [2.75, 3.05) is 18.2 Å². The summed E-state index contributed by atoms with van der Waals surface area (Å²) in [6, 6.07) is 16.9. The molecule has 5 nitrogen and oxygen atoms in total. The van der Waals surface area contributed by atoms with Gasteiger partial charge in [0.25, 0.3) is 5.91 Å². The molecule has 0 saturated heterocycles. The lowest BCUT2D eigenvalue weighted by Crippen LogP contribution is -2.12. The molecule has 0 unspecified atom stereocenters. The molecule has 1 aliphatic heterocycles. The number of carbonyl (C=O) groups excluding carboxylic acids is 2. The lowest BCUT2D eigenvalue weighted by Gasteiger charge is -2.06. The van der Waals surface area contributed by atoms with E-state index >= 15 is 0 Å². The molecule has 0 saturated carbocycles. The smallest absolute Gasteiger partial charge is 0.285 e. The number of nitrogens with zero attached hydrogens (tertiary/aromatic N) is 1. The van der Waals surface area contributed by atoms with E-state index in [1.165, 1.54) is 23.5 Å². The van der Waals surface area contributed by atoms with Crippen LogP contribution in [0.4, 0.5) is 5.69 Å². The molecule has 0 fully saturated rings. The third-order valence-corrected chi connectivity index (χ3v) is 5.73. The van der Waals surface area contributed by atoms with Crippen LogP contribution in [0.3, 0.4) is 0 Å². The number of nitrogens with one attached hydrogen (secondary N) is 1. The molecular formula is C20H18N2O3S2. The van der Waals surface area contributed by atoms with Crippen molar-refractivity contribution in [3.8, 4) is 5.75 Å². The molecule has 3 rings (SSSR count). The van der Waals surface area contributed by atoms with Crippen LogP contribution in [0.2, 0.25) is 0 Å². The molecule has 0 atom stereocenters. The second-order valence-corrected chi connectivity index (χ2v) is 7.96. The van der Waals surface area contributed by atoms with Crippen LogP contribution in [0.5, 0.6) is 5.75 Å². The van der Waals surface area contributed by atoms with Crippen molar-refractivity contribution in [3.63, 3.8) is 0 Å². The number of rotatable bonds is 6. The van der Waals surface area contributed by atoms with Crippen LogP contribution in [0.25, 0.3) is 6.08 Å². The Bertz CT molecular complexity index is 895. The lowest BCUT2D eigenvalue weighted by atomic mass is 10.2. The van der Waals surface area contributed by atoms with Gasteiger partial charge >= 0.3 is 0 Å². The van der Waals surface area contributed by atoms with E-state index in [-0.39, 0.29) is 11.8 Å². The normalized spacial score (nSPS) is 14.9. The number of methoxy groups -OCH3 is 1. The van der Waals surface area contributed by atoms with Crippen LogP contribution in [-0.4, -0.2) is 29.1 Å². The van der Waals surface area contributed by atoms with Gasteiger partial charge in [0.2, 0.25) is 5.91 Å². The first-order chi connectivity index (χ1) is 13.1. The first kappa shape index (κ1) is 19.3. The van der Waals surface area contributed by atoms with Crippen molar-refractivity contribution in [3.05, 3.63) is 65.1 Å². The average Bonchev–Trinajstić information content (AvgIpc) is 3.02. The molecule has 0 radical (unpaired) electrons. The van der Waals surface area contributed by atoms with E-state index in [0.29, 0.717) is 32.9 Å². The molecule has 1 aliphatic rings. The molecule has 0 bridgehead atoms. The van der Waals surface area contributed by atoms with Crippen LogP contribution in [0, 0.1) is 0 Å². The van der Waals surface area contributed by atoms with Gasteiger partial charge in [0.05, 0.1) is 12.0 Å². The Balaban J connectivity index is 1.46. The fourth-order valence-corrected chi connectivity index (χ4v) is 4.32. The van der Waals surface area contributed by atoms with E-state index in [9.17, 15) is 9.59 Å². The van der Waals surface area contributed by atoms with Gasteiger partial charge in [0, 0.05) is 23.9 Å². The zero-order valence-electron chi connectivity index (χ0n) is 14.7. The quantitative estimate of drug-likeness (QED) is 0.729. The molecule has 0 spiro atoms. The Morgan fingerprint density at radius 1 is 1.22 bits per heavy atom. The van der Waals surface area contributed by atoms with Crippen molar-refractivity contribution in [2.24, 2.45) is 4.99 Å². The standard InChI is InChI=1S/C20H18N2O3S2/c1-25-16-9-5-8-15(13-16)21-18(23)10-11-26-20-22-19(24)17(27-20)12-14-6-3-2-4-7-14/h2-9,12-13H,10-11H2,1H3,(H,21,23)/b17-12+. The third kappa shape index (κ3) is 5.74. The number of hydrogen-bond acceptors (Lipinski definition) is 5. The van der Waals surface area contributed by atoms with Crippen LogP contribution < -0.4 is 10.1 Å². The average molecular weight is 399 g/mol. The number of hydrogen-bond donors (Lipinski definition) is 1. The van der Waals surface area contributed by atoms with Gasteiger partial charge in [-0.15, -0.1) is 0 Å². The topological polar surface area (TPSA) is 67.8 Å². The number of carbonyl (C=O) groups is 2. The molecule has 7 heteroatoms. The summed E-state index contributed by atoms with van der Waals surface area (Å²) >= 11 is 2.76. The Morgan fingerprint density at radius 3 is 2.81 bits per heavy atom. The molecule has 2 aromatic carbocycles. The maximum atomic E-state index is 12.1. The molecule has 138 valence electrons. The number of ether oxygens (including phenoxy) is 1. The van der Waals surface area contributed by atoms with Crippen LogP contribution in [0.15, 0.2) is 64.5 Å². The molecule has 0 aliphatic carbocycles. The second kappa shape index (κ2) is 9.43. The monoisotopic (exact) mass is 398 g/mol. The highest BCUT2D eigenvalue weighted by molar-refractivity contribution is 8.41. The fourth-order valence-electron chi connectivity index (χ4n) is 2.31. The van der Waals surface area contributed by atoms with Gasteiger partial charge in [-0.2, -0.15) is 4.99 Å². The van der Waals surface area contributed by atoms with Gasteiger partial charge < -0.3 is 10.1 Å². The highest BCUT2D eigenvalue weighted by Gasteiger charge is 2.22. The van der Waals surface area contributed by atoms with Crippen molar-refractivity contribution in [1.82, 2.24) is 0 Å². The molecule has 1 N–H and O–H groups in total. The van der Waals surface area contributed by atoms with E-state index in [1.54, 1.807) is 13.2 Å². The van der Waals surface area contributed by atoms with Gasteiger partial charge in [0.1, 0.15) is 10.1 Å². The molecule has 1 heterocycles. The number of thioether (sulfide) groups is 2. The molecule has 2 aromatic rings. The Labute approximate surface area is 166 Å². The summed E-state index contributed by atoms with van der Waals surface area (Å²) in [4.78, 5) is 28.7. The van der Waals surface area contributed by atoms with Gasteiger partial charge in [-0.3, -0.25) is 9.59 Å². The Kier molecular flexibility index (Phi) is 6.73. The first-order valence-electron chi connectivity index (χ1n) is 8.28.